The second-order valence-electron chi connectivity index (χ2n) is 6.07. The minimum atomic E-state index is 0.375. The van der Waals surface area contributed by atoms with Crippen LogP contribution in [0.4, 0.5) is 0 Å². The van der Waals surface area contributed by atoms with Gasteiger partial charge in [-0.25, -0.2) is 0 Å². The summed E-state index contributed by atoms with van der Waals surface area (Å²) in [7, 11) is 0. The lowest BCUT2D eigenvalue weighted by Crippen LogP contribution is -2.19. The van der Waals surface area contributed by atoms with E-state index in [9.17, 15) is 0 Å². The predicted octanol–water partition coefficient (Wildman–Crippen LogP) is 4.31. The van der Waals surface area contributed by atoms with Crippen molar-refractivity contribution in [3.05, 3.63) is 6.42 Å². The van der Waals surface area contributed by atoms with E-state index in [1.54, 1.807) is 0 Å². The SMILES string of the molecule is CC(C[CH]C(C)(C)C)C(C)(C)C. The van der Waals surface area contributed by atoms with Crippen molar-refractivity contribution < 1.29 is 0 Å². The largest absolute Gasteiger partial charge is 0.0620 e. The quantitative estimate of drug-likeness (QED) is 0.578. The van der Waals surface area contributed by atoms with Crippen molar-refractivity contribution in [2.75, 3.05) is 0 Å². The molecule has 0 aromatic carbocycles. The van der Waals surface area contributed by atoms with Gasteiger partial charge in [0.25, 0.3) is 0 Å². The highest BCUT2D eigenvalue weighted by Gasteiger charge is 2.21. The fraction of sp³-hybridized carbons (Fsp3) is 0.917. The standard InChI is InChI=1S/C12H25/c1-10(12(5,6)7)8-9-11(2,3)4/h9-10H,8H2,1-7H3. The maximum atomic E-state index is 2.43. The van der Waals surface area contributed by atoms with Crippen LogP contribution in [0.5, 0.6) is 0 Å². The van der Waals surface area contributed by atoms with Crippen molar-refractivity contribution in [2.45, 2.75) is 54.9 Å². The fourth-order valence-corrected chi connectivity index (χ4v) is 0.884. The number of rotatable bonds is 2. The third kappa shape index (κ3) is 5.62. The third-order valence-electron chi connectivity index (χ3n) is 2.56. The molecular formula is C12H25. The van der Waals surface area contributed by atoms with Gasteiger partial charge in [0.1, 0.15) is 0 Å². The third-order valence-corrected chi connectivity index (χ3v) is 2.56. The van der Waals surface area contributed by atoms with Gasteiger partial charge in [-0.15, -0.1) is 0 Å². The van der Waals surface area contributed by atoms with Crippen LogP contribution in [0.25, 0.3) is 0 Å². The lowest BCUT2D eigenvalue weighted by Gasteiger charge is -2.29. The van der Waals surface area contributed by atoms with Crippen LogP contribution in [0.3, 0.4) is 0 Å². The molecule has 0 nitrogen and oxygen atoms in total. The van der Waals surface area contributed by atoms with Crippen LogP contribution in [-0.4, -0.2) is 0 Å². The van der Waals surface area contributed by atoms with E-state index >= 15 is 0 Å². The zero-order valence-electron chi connectivity index (χ0n) is 9.86. The maximum Gasteiger partial charge on any atom is -0.0329 e. The minimum Gasteiger partial charge on any atom is -0.0620 e. The normalized spacial score (nSPS) is 16.2. The summed E-state index contributed by atoms with van der Waals surface area (Å²) in [5, 5.41) is 0. The molecule has 0 saturated heterocycles. The summed E-state index contributed by atoms with van der Waals surface area (Å²) < 4.78 is 0. The van der Waals surface area contributed by atoms with Crippen LogP contribution in [-0.2, 0) is 0 Å². The molecule has 12 heavy (non-hydrogen) atoms. The molecule has 0 N–H and O–H groups in total. The summed E-state index contributed by atoms with van der Waals surface area (Å²) in [5.74, 6) is 0.775. The Hall–Kier alpha value is 0. The molecule has 0 rings (SSSR count). The highest BCUT2D eigenvalue weighted by atomic mass is 14.3. The summed E-state index contributed by atoms with van der Waals surface area (Å²) in [6, 6.07) is 0. The molecule has 0 aromatic rings. The second-order valence-corrected chi connectivity index (χ2v) is 6.07. The summed E-state index contributed by atoms with van der Waals surface area (Å²) in [5.41, 5.74) is 0.821. The van der Waals surface area contributed by atoms with Crippen LogP contribution < -0.4 is 0 Å². The molecule has 0 bridgehead atoms. The van der Waals surface area contributed by atoms with Gasteiger partial charge in [-0.3, -0.25) is 0 Å². The molecule has 1 atom stereocenters. The average molecular weight is 169 g/mol. The highest BCUT2D eigenvalue weighted by molar-refractivity contribution is 4.85. The fourth-order valence-electron chi connectivity index (χ4n) is 0.884. The first-order valence-electron chi connectivity index (χ1n) is 4.97. The van der Waals surface area contributed by atoms with E-state index in [1.165, 1.54) is 6.42 Å². The van der Waals surface area contributed by atoms with E-state index in [-0.39, 0.29) is 0 Å². The van der Waals surface area contributed by atoms with Crippen molar-refractivity contribution in [1.29, 1.82) is 0 Å². The van der Waals surface area contributed by atoms with Crippen LogP contribution in [0, 0.1) is 23.2 Å². The van der Waals surface area contributed by atoms with Crippen molar-refractivity contribution in [3.63, 3.8) is 0 Å². The Balaban J connectivity index is 3.80. The van der Waals surface area contributed by atoms with Gasteiger partial charge in [0, 0.05) is 0 Å². The molecule has 0 aliphatic carbocycles. The first-order valence-corrected chi connectivity index (χ1v) is 4.97. The van der Waals surface area contributed by atoms with E-state index in [2.05, 4.69) is 54.9 Å². The lowest BCUT2D eigenvalue weighted by molar-refractivity contribution is 0.246. The van der Waals surface area contributed by atoms with Gasteiger partial charge in [0.2, 0.25) is 0 Å². The summed E-state index contributed by atoms with van der Waals surface area (Å²) in [6.07, 6.45) is 3.66. The first-order chi connectivity index (χ1) is 5.13. The molecule has 0 aromatic heterocycles. The smallest absolute Gasteiger partial charge is 0.0329 e. The van der Waals surface area contributed by atoms with Gasteiger partial charge in [-0.1, -0.05) is 48.5 Å². The summed E-state index contributed by atoms with van der Waals surface area (Å²) in [6.45, 7) is 16.1. The zero-order valence-corrected chi connectivity index (χ0v) is 9.86. The number of hydrogen-bond acceptors (Lipinski definition) is 0. The van der Waals surface area contributed by atoms with E-state index < -0.39 is 0 Å². The Morgan fingerprint density at radius 1 is 1.00 bits per heavy atom. The van der Waals surface area contributed by atoms with Crippen molar-refractivity contribution >= 4 is 0 Å². The van der Waals surface area contributed by atoms with Gasteiger partial charge < -0.3 is 0 Å². The molecule has 0 saturated carbocycles. The molecule has 0 spiro atoms. The predicted molar refractivity (Wildman–Crippen MR) is 57.0 cm³/mol. The molecule has 0 aliphatic heterocycles. The summed E-state index contributed by atoms with van der Waals surface area (Å²) >= 11 is 0. The van der Waals surface area contributed by atoms with Crippen molar-refractivity contribution in [3.8, 4) is 0 Å². The van der Waals surface area contributed by atoms with Crippen LogP contribution >= 0.6 is 0 Å². The van der Waals surface area contributed by atoms with E-state index in [4.69, 9.17) is 0 Å². The second kappa shape index (κ2) is 3.81. The van der Waals surface area contributed by atoms with Crippen LogP contribution in [0.1, 0.15) is 54.9 Å². The zero-order chi connectivity index (χ0) is 9.99. The van der Waals surface area contributed by atoms with Gasteiger partial charge >= 0.3 is 0 Å². The maximum absolute atomic E-state index is 2.43. The van der Waals surface area contributed by atoms with Gasteiger partial charge in [0.15, 0.2) is 0 Å². The highest BCUT2D eigenvalue weighted by Crippen LogP contribution is 2.32. The Labute approximate surface area is 78.8 Å². The Bertz CT molecular complexity index is 120. The van der Waals surface area contributed by atoms with Crippen molar-refractivity contribution in [2.24, 2.45) is 16.7 Å². The van der Waals surface area contributed by atoms with Gasteiger partial charge in [-0.05, 0) is 29.6 Å². The Kier molecular flexibility index (Phi) is 3.81. The molecule has 0 heteroatoms. The average Bonchev–Trinajstić information content (AvgIpc) is 1.78. The van der Waals surface area contributed by atoms with E-state index in [0.717, 1.165) is 5.92 Å². The Morgan fingerprint density at radius 2 is 1.42 bits per heavy atom. The molecule has 0 heterocycles. The molecule has 0 amide bonds. The van der Waals surface area contributed by atoms with Crippen LogP contribution in [0.2, 0.25) is 0 Å². The Morgan fingerprint density at radius 3 is 1.67 bits per heavy atom. The van der Waals surface area contributed by atoms with E-state index in [0.29, 0.717) is 10.8 Å². The monoisotopic (exact) mass is 169 g/mol. The number of hydrogen-bond donors (Lipinski definition) is 0. The van der Waals surface area contributed by atoms with Gasteiger partial charge in [0.05, 0.1) is 0 Å². The molecule has 73 valence electrons. The van der Waals surface area contributed by atoms with E-state index in [1.807, 2.05) is 0 Å². The molecule has 0 fully saturated rings. The minimum absolute atomic E-state index is 0.375. The molecular weight excluding hydrogens is 144 g/mol. The lowest BCUT2D eigenvalue weighted by atomic mass is 9.76. The first kappa shape index (κ1) is 12.0. The molecule has 1 unspecified atom stereocenters. The van der Waals surface area contributed by atoms with Crippen molar-refractivity contribution in [1.82, 2.24) is 0 Å². The topological polar surface area (TPSA) is 0 Å². The summed E-state index contributed by atoms with van der Waals surface area (Å²) in [4.78, 5) is 0. The van der Waals surface area contributed by atoms with Crippen LogP contribution in [0.15, 0.2) is 0 Å². The molecule has 1 radical (unpaired) electrons. The van der Waals surface area contributed by atoms with Gasteiger partial charge in [-0.2, -0.15) is 0 Å². The molecule has 0 aliphatic rings.